The highest BCUT2D eigenvalue weighted by Gasteiger charge is 2.21. The van der Waals surface area contributed by atoms with Crippen LogP contribution in [0.15, 0.2) is 12.1 Å². The summed E-state index contributed by atoms with van der Waals surface area (Å²) in [5.41, 5.74) is 0.987. The molecule has 0 saturated carbocycles. The van der Waals surface area contributed by atoms with E-state index in [0.29, 0.717) is 12.1 Å². The summed E-state index contributed by atoms with van der Waals surface area (Å²) in [6, 6.07) is 4.59. The van der Waals surface area contributed by atoms with Gasteiger partial charge in [0.25, 0.3) is 0 Å². The first kappa shape index (κ1) is 15.2. The molecule has 0 amide bonds. The number of nitrogens with one attached hydrogen (secondary N) is 1. The zero-order chi connectivity index (χ0) is 14.4. The number of ether oxygens (including phenoxy) is 1. The lowest BCUT2D eigenvalue weighted by Crippen LogP contribution is -2.40. The Labute approximate surface area is 121 Å². The van der Waals surface area contributed by atoms with Gasteiger partial charge in [0.05, 0.1) is 11.8 Å². The van der Waals surface area contributed by atoms with Gasteiger partial charge in [-0.2, -0.15) is 5.10 Å². The lowest BCUT2D eigenvalue weighted by atomic mass is 10.1. The zero-order valence-electron chi connectivity index (χ0n) is 12.8. The number of hydrogen-bond donors (Lipinski definition) is 1. The molecule has 1 saturated heterocycles. The highest BCUT2D eigenvalue weighted by molar-refractivity contribution is 5.38. The van der Waals surface area contributed by atoms with Gasteiger partial charge in [-0.05, 0) is 31.9 Å². The molecule has 1 atom stereocenters. The maximum Gasteiger partial charge on any atom is 0.151 e. The molecule has 0 aromatic carbocycles. The molecule has 1 aromatic rings. The van der Waals surface area contributed by atoms with E-state index in [-0.39, 0.29) is 0 Å². The van der Waals surface area contributed by atoms with Gasteiger partial charge in [-0.3, -0.25) is 0 Å². The van der Waals surface area contributed by atoms with Crippen LogP contribution in [-0.4, -0.2) is 42.0 Å². The summed E-state index contributed by atoms with van der Waals surface area (Å²) in [6.07, 6.45) is 2.63. The highest BCUT2D eigenvalue weighted by atomic mass is 16.5. The largest absolute Gasteiger partial charge is 0.377 e. The second kappa shape index (κ2) is 7.55. The maximum absolute atomic E-state index is 5.72. The van der Waals surface area contributed by atoms with Crippen LogP contribution in [0.3, 0.4) is 0 Å². The fraction of sp³-hybridized carbons (Fsp3) is 0.733. The Morgan fingerprint density at radius 3 is 2.90 bits per heavy atom. The van der Waals surface area contributed by atoms with Gasteiger partial charge in [-0.1, -0.05) is 13.8 Å². The van der Waals surface area contributed by atoms with Crippen LogP contribution in [0.4, 0.5) is 5.82 Å². The summed E-state index contributed by atoms with van der Waals surface area (Å²) in [4.78, 5) is 2.27. The van der Waals surface area contributed by atoms with E-state index >= 15 is 0 Å². The van der Waals surface area contributed by atoms with E-state index in [4.69, 9.17) is 4.74 Å². The van der Waals surface area contributed by atoms with Crippen LogP contribution in [-0.2, 0) is 11.3 Å². The van der Waals surface area contributed by atoms with Crippen molar-refractivity contribution in [1.82, 2.24) is 15.5 Å². The molecular formula is C15H26N4O. The molecule has 1 aromatic heterocycles. The fourth-order valence-electron chi connectivity index (χ4n) is 2.44. The number of piperidine rings is 1. The van der Waals surface area contributed by atoms with Crippen molar-refractivity contribution < 1.29 is 4.74 Å². The van der Waals surface area contributed by atoms with E-state index in [0.717, 1.165) is 50.6 Å². The third kappa shape index (κ3) is 4.42. The van der Waals surface area contributed by atoms with Gasteiger partial charge in [0.1, 0.15) is 0 Å². The van der Waals surface area contributed by atoms with Crippen LogP contribution < -0.4 is 10.2 Å². The standard InChI is InChI=1S/C15H26N4O/c1-4-20-14-6-5-9-19(11-14)15-8-7-13(17-18-15)10-16-12(2)3/h7-8,12,14,16H,4-6,9-11H2,1-3H3. The molecule has 5 heteroatoms. The molecule has 1 aliphatic rings. The molecule has 1 N–H and O–H groups in total. The molecule has 1 aliphatic heterocycles. The van der Waals surface area contributed by atoms with E-state index in [9.17, 15) is 0 Å². The summed E-state index contributed by atoms with van der Waals surface area (Å²) in [6.45, 7) is 9.83. The molecule has 1 unspecified atom stereocenters. The minimum atomic E-state index is 0.331. The predicted molar refractivity (Wildman–Crippen MR) is 80.9 cm³/mol. The van der Waals surface area contributed by atoms with Crippen LogP contribution in [0.1, 0.15) is 39.3 Å². The second-order valence-electron chi connectivity index (χ2n) is 5.58. The SMILES string of the molecule is CCOC1CCCN(c2ccc(CNC(C)C)nn2)C1. The van der Waals surface area contributed by atoms with Crippen molar-refractivity contribution in [3.8, 4) is 0 Å². The number of rotatable bonds is 6. The minimum Gasteiger partial charge on any atom is -0.377 e. The Morgan fingerprint density at radius 2 is 2.25 bits per heavy atom. The van der Waals surface area contributed by atoms with Crippen molar-refractivity contribution in [2.45, 2.75) is 52.3 Å². The van der Waals surface area contributed by atoms with Crippen LogP contribution in [0, 0.1) is 0 Å². The fourth-order valence-corrected chi connectivity index (χ4v) is 2.44. The lowest BCUT2D eigenvalue weighted by Gasteiger charge is -2.33. The van der Waals surface area contributed by atoms with Crippen molar-refractivity contribution in [2.75, 3.05) is 24.6 Å². The Hall–Kier alpha value is -1.20. The predicted octanol–water partition coefficient (Wildman–Crippen LogP) is 1.98. The van der Waals surface area contributed by atoms with Crippen LogP contribution in [0.25, 0.3) is 0 Å². The monoisotopic (exact) mass is 278 g/mol. The Bertz CT molecular complexity index is 391. The van der Waals surface area contributed by atoms with Gasteiger partial charge in [0.2, 0.25) is 0 Å². The molecule has 1 fully saturated rings. The highest BCUT2D eigenvalue weighted by Crippen LogP contribution is 2.19. The van der Waals surface area contributed by atoms with Gasteiger partial charge in [0.15, 0.2) is 5.82 Å². The van der Waals surface area contributed by atoms with Gasteiger partial charge < -0.3 is 15.0 Å². The molecule has 2 rings (SSSR count). The maximum atomic E-state index is 5.72. The molecule has 0 aliphatic carbocycles. The van der Waals surface area contributed by atoms with E-state index in [1.165, 1.54) is 0 Å². The van der Waals surface area contributed by atoms with Crippen molar-refractivity contribution >= 4 is 5.82 Å². The lowest BCUT2D eigenvalue weighted by molar-refractivity contribution is 0.0525. The molecule has 20 heavy (non-hydrogen) atoms. The third-order valence-electron chi connectivity index (χ3n) is 3.50. The van der Waals surface area contributed by atoms with E-state index in [2.05, 4.69) is 53.3 Å². The van der Waals surface area contributed by atoms with Gasteiger partial charge in [0, 0.05) is 32.3 Å². The molecule has 2 heterocycles. The molecule has 0 bridgehead atoms. The summed E-state index contributed by atoms with van der Waals surface area (Å²) >= 11 is 0. The normalized spacial score (nSPS) is 19.6. The van der Waals surface area contributed by atoms with E-state index in [1.807, 2.05) is 0 Å². The van der Waals surface area contributed by atoms with E-state index in [1.54, 1.807) is 0 Å². The first-order valence-corrected chi connectivity index (χ1v) is 7.61. The zero-order valence-corrected chi connectivity index (χ0v) is 12.8. The van der Waals surface area contributed by atoms with Crippen molar-refractivity contribution in [3.05, 3.63) is 17.8 Å². The Kier molecular flexibility index (Phi) is 5.73. The molecule has 112 valence electrons. The topological polar surface area (TPSA) is 50.3 Å². The summed E-state index contributed by atoms with van der Waals surface area (Å²) < 4.78 is 5.72. The van der Waals surface area contributed by atoms with Crippen LogP contribution in [0.5, 0.6) is 0 Å². The summed E-state index contributed by atoms with van der Waals surface area (Å²) in [5, 5.41) is 12.0. The molecule has 5 nitrogen and oxygen atoms in total. The minimum absolute atomic E-state index is 0.331. The van der Waals surface area contributed by atoms with Crippen molar-refractivity contribution in [1.29, 1.82) is 0 Å². The van der Waals surface area contributed by atoms with Crippen molar-refractivity contribution in [2.24, 2.45) is 0 Å². The van der Waals surface area contributed by atoms with Crippen LogP contribution >= 0.6 is 0 Å². The van der Waals surface area contributed by atoms with Crippen LogP contribution in [0.2, 0.25) is 0 Å². The average molecular weight is 278 g/mol. The summed E-state index contributed by atoms with van der Waals surface area (Å²) in [5.74, 6) is 0.961. The Balaban J connectivity index is 1.91. The molecule has 0 radical (unpaired) electrons. The molecular weight excluding hydrogens is 252 g/mol. The number of hydrogen-bond acceptors (Lipinski definition) is 5. The van der Waals surface area contributed by atoms with Gasteiger partial charge >= 0.3 is 0 Å². The number of aromatic nitrogens is 2. The van der Waals surface area contributed by atoms with Crippen molar-refractivity contribution in [3.63, 3.8) is 0 Å². The quantitative estimate of drug-likeness (QED) is 0.862. The third-order valence-corrected chi connectivity index (χ3v) is 3.50. The smallest absolute Gasteiger partial charge is 0.151 e. The first-order valence-electron chi connectivity index (χ1n) is 7.61. The second-order valence-corrected chi connectivity index (χ2v) is 5.58. The van der Waals surface area contributed by atoms with Gasteiger partial charge in [-0.15, -0.1) is 5.10 Å². The first-order chi connectivity index (χ1) is 9.69. The number of anilines is 1. The average Bonchev–Trinajstić information content (AvgIpc) is 2.46. The van der Waals surface area contributed by atoms with Gasteiger partial charge in [-0.25, -0.2) is 0 Å². The molecule has 0 spiro atoms. The Morgan fingerprint density at radius 1 is 1.40 bits per heavy atom. The van der Waals surface area contributed by atoms with E-state index < -0.39 is 0 Å². The summed E-state index contributed by atoms with van der Waals surface area (Å²) in [7, 11) is 0. The number of nitrogens with zero attached hydrogens (tertiary/aromatic N) is 3.